The van der Waals surface area contributed by atoms with Gasteiger partial charge in [-0.05, 0) is 20.3 Å². The fourth-order valence-corrected chi connectivity index (χ4v) is 1.79. The van der Waals surface area contributed by atoms with Crippen molar-refractivity contribution < 1.29 is 4.74 Å². The van der Waals surface area contributed by atoms with Crippen molar-refractivity contribution in [3.05, 3.63) is 10.7 Å². The van der Waals surface area contributed by atoms with Gasteiger partial charge in [0, 0.05) is 9.90 Å². The van der Waals surface area contributed by atoms with E-state index in [0.29, 0.717) is 0 Å². The Morgan fingerprint density at radius 3 is 2.27 bits per heavy atom. The Morgan fingerprint density at radius 1 is 1.36 bits per heavy atom. The fraction of sp³-hybridized carbons (Fsp3) is 0.778. The molecule has 2 heteroatoms. The molecule has 0 bridgehead atoms. The SMILES string of the molecule is CC1(C)CC(C)(C)C(Br)=CO1. The molecule has 0 amide bonds. The third kappa shape index (κ3) is 1.98. The zero-order chi connectivity index (χ0) is 8.70. The third-order valence-electron chi connectivity index (χ3n) is 2.00. The van der Waals surface area contributed by atoms with Gasteiger partial charge in [-0.2, -0.15) is 0 Å². The van der Waals surface area contributed by atoms with Crippen LogP contribution in [0.1, 0.15) is 34.1 Å². The summed E-state index contributed by atoms with van der Waals surface area (Å²) >= 11 is 3.50. The second kappa shape index (κ2) is 2.51. The van der Waals surface area contributed by atoms with Crippen molar-refractivity contribution in [3.8, 4) is 0 Å². The van der Waals surface area contributed by atoms with Crippen LogP contribution in [0.25, 0.3) is 0 Å². The first-order chi connectivity index (χ1) is 4.83. The molecule has 1 rings (SSSR count). The van der Waals surface area contributed by atoms with Gasteiger partial charge in [0.15, 0.2) is 0 Å². The standard InChI is InChI=1S/C9H15BrO/c1-8(2)6-9(3,4)11-5-7(8)10/h5H,6H2,1-4H3. The van der Waals surface area contributed by atoms with E-state index in [0.717, 1.165) is 10.9 Å². The minimum atomic E-state index is -0.0131. The minimum Gasteiger partial charge on any atom is -0.495 e. The monoisotopic (exact) mass is 218 g/mol. The van der Waals surface area contributed by atoms with Crippen LogP contribution in [-0.4, -0.2) is 5.60 Å². The predicted molar refractivity (Wildman–Crippen MR) is 50.6 cm³/mol. The Kier molecular flexibility index (Phi) is 2.08. The van der Waals surface area contributed by atoms with E-state index in [-0.39, 0.29) is 11.0 Å². The summed E-state index contributed by atoms with van der Waals surface area (Å²) in [6.07, 6.45) is 2.88. The summed E-state index contributed by atoms with van der Waals surface area (Å²) < 4.78 is 6.66. The minimum absolute atomic E-state index is 0.0131. The van der Waals surface area contributed by atoms with E-state index >= 15 is 0 Å². The molecule has 0 unspecified atom stereocenters. The molecule has 1 aliphatic rings. The normalized spacial score (nSPS) is 27.2. The molecule has 0 aromatic rings. The summed E-state index contributed by atoms with van der Waals surface area (Å²) in [6, 6.07) is 0. The molecular weight excluding hydrogens is 204 g/mol. The Morgan fingerprint density at radius 2 is 1.91 bits per heavy atom. The average Bonchev–Trinajstić information content (AvgIpc) is 1.77. The van der Waals surface area contributed by atoms with Crippen LogP contribution in [-0.2, 0) is 4.74 Å². The highest BCUT2D eigenvalue weighted by atomic mass is 79.9. The van der Waals surface area contributed by atoms with E-state index in [9.17, 15) is 0 Å². The van der Waals surface area contributed by atoms with Gasteiger partial charge in [0.2, 0.25) is 0 Å². The van der Waals surface area contributed by atoms with Gasteiger partial charge < -0.3 is 4.74 Å². The van der Waals surface area contributed by atoms with E-state index in [4.69, 9.17) is 4.74 Å². The first kappa shape index (κ1) is 9.11. The van der Waals surface area contributed by atoms with E-state index in [2.05, 4.69) is 43.6 Å². The predicted octanol–water partition coefficient (Wildman–Crippen LogP) is 3.45. The van der Waals surface area contributed by atoms with Crippen LogP contribution in [0.2, 0.25) is 0 Å². The molecule has 0 aromatic carbocycles. The van der Waals surface area contributed by atoms with Gasteiger partial charge in [-0.3, -0.25) is 0 Å². The Balaban J connectivity index is 2.86. The van der Waals surface area contributed by atoms with Crippen LogP contribution < -0.4 is 0 Å². The second-order valence-corrected chi connectivity index (χ2v) is 5.26. The van der Waals surface area contributed by atoms with Gasteiger partial charge in [-0.25, -0.2) is 0 Å². The molecule has 0 spiro atoms. The largest absolute Gasteiger partial charge is 0.495 e. The van der Waals surface area contributed by atoms with Crippen molar-refractivity contribution in [3.63, 3.8) is 0 Å². The molecule has 0 saturated carbocycles. The number of ether oxygens (including phenoxy) is 1. The fourth-order valence-electron chi connectivity index (χ4n) is 1.56. The first-order valence-corrected chi connectivity index (χ1v) is 4.67. The van der Waals surface area contributed by atoms with Gasteiger partial charge in [0.05, 0.1) is 6.26 Å². The number of hydrogen-bond acceptors (Lipinski definition) is 1. The highest BCUT2D eigenvalue weighted by molar-refractivity contribution is 9.11. The highest BCUT2D eigenvalue weighted by Gasteiger charge is 2.35. The maximum absolute atomic E-state index is 5.50. The van der Waals surface area contributed by atoms with Gasteiger partial charge >= 0.3 is 0 Å². The lowest BCUT2D eigenvalue weighted by molar-refractivity contribution is 0.00543. The van der Waals surface area contributed by atoms with Gasteiger partial charge in [-0.15, -0.1) is 0 Å². The molecule has 1 nitrogen and oxygen atoms in total. The molecule has 0 fully saturated rings. The molecule has 11 heavy (non-hydrogen) atoms. The topological polar surface area (TPSA) is 9.23 Å². The van der Waals surface area contributed by atoms with Crippen LogP contribution in [0.4, 0.5) is 0 Å². The molecule has 0 aromatic heterocycles. The molecule has 1 heterocycles. The Bertz CT molecular complexity index is 192. The number of rotatable bonds is 0. The average molecular weight is 219 g/mol. The van der Waals surface area contributed by atoms with Crippen LogP contribution in [0.5, 0.6) is 0 Å². The molecule has 64 valence electrons. The molecular formula is C9H15BrO. The summed E-state index contributed by atoms with van der Waals surface area (Å²) in [7, 11) is 0. The van der Waals surface area contributed by atoms with E-state index < -0.39 is 0 Å². The van der Waals surface area contributed by atoms with Crippen molar-refractivity contribution in [1.29, 1.82) is 0 Å². The first-order valence-electron chi connectivity index (χ1n) is 3.87. The molecule has 0 aliphatic carbocycles. The third-order valence-corrected chi connectivity index (χ3v) is 3.26. The summed E-state index contributed by atoms with van der Waals surface area (Å²) in [5.74, 6) is 0. The molecule has 0 N–H and O–H groups in total. The van der Waals surface area contributed by atoms with Crippen molar-refractivity contribution in [2.75, 3.05) is 0 Å². The summed E-state index contributed by atoms with van der Waals surface area (Å²) in [5.41, 5.74) is 0.211. The number of halogens is 1. The van der Waals surface area contributed by atoms with Crippen LogP contribution >= 0.6 is 15.9 Å². The zero-order valence-corrected chi connectivity index (χ0v) is 9.16. The van der Waals surface area contributed by atoms with E-state index in [1.54, 1.807) is 0 Å². The lowest BCUT2D eigenvalue weighted by Crippen LogP contribution is -2.34. The Labute approximate surface area is 76.9 Å². The number of hydrogen-bond donors (Lipinski definition) is 0. The van der Waals surface area contributed by atoms with Crippen LogP contribution in [0, 0.1) is 5.41 Å². The number of allylic oxidation sites excluding steroid dienone is 1. The van der Waals surface area contributed by atoms with Crippen molar-refractivity contribution in [2.45, 2.75) is 39.7 Å². The molecule has 0 radical (unpaired) electrons. The van der Waals surface area contributed by atoms with E-state index in [1.165, 1.54) is 0 Å². The summed E-state index contributed by atoms with van der Waals surface area (Å²) in [4.78, 5) is 0. The van der Waals surface area contributed by atoms with Crippen molar-refractivity contribution in [1.82, 2.24) is 0 Å². The van der Waals surface area contributed by atoms with E-state index in [1.807, 2.05) is 6.26 Å². The highest BCUT2D eigenvalue weighted by Crippen LogP contribution is 2.43. The van der Waals surface area contributed by atoms with Crippen molar-refractivity contribution >= 4 is 15.9 Å². The maximum Gasteiger partial charge on any atom is 0.103 e. The van der Waals surface area contributed by atoms with Gasteiger partial charge in [0.1, 0.15) is 5.60 Å². The lowest BCUT2D eigenvalue weighted by atomic mass is 9.80. The van der Waals surface area contributed by atoms with Gasteiger partial charge in [-0.1, -0.05) is 29.8 Å². The Hall–Kier alpha value is 0.0200. The van der Waals surface area contributed by atoms with Crippen LogP contribution in [0.15, 0.2) is 10.7 Å². The van der Waals surface area contributed by atoms with Gasteiger partial charge in [0.25, 0.3) is 0 Å². The smallest absolute Gasteiger partial charge is 0.103 e. The van der Waals surface area contributed by atoms with Crippen molar-refractivity contribution in [2.24, 2.45) is 5.41 Å². The summed E-state index contributed by atoms with van der Waals surface area (Å²) in [6.45, 7) is 8.67. The molecule has 1 aliphatic heterocycles. The molecule has 0 atom stereocenters. The quantitative estimate of drug-likeness (QED) is 0.606. The summed E-state index contributed by atoms with van der Waals surface area (Å²) in [5, 5.41) is 0. The second-order valence-electron chi connectivity index (χ2n) is 4.40. The maximum atomic E-state index is 5.50. The lowest BCUT2D eigenvalue weighted by Gasteiger charge is -2.38. The zero-order valence-electron chi connectivity index (χ0n) is 7.57. The van der Waals surface area contributed by atoms with Crippen LogP contribution in [0.3, 0.4) is 0 Å². The molecule has 0 saturated heterocycles.